The summed E-state index contributed by atoms with van der Waals surface area (Å²) < 4.78 is 0. The topological polar surface area (TPSA) is 17.1 Å². The van der Waals surface area contributed by atoms with Gasteiger partial charge in [0, 0.05) is 25.2 Å². The maximum absolute atomic E-state index is 11.3. The van der Waals surface area contributed by atoms with Crippen LogP contribution >= 0.6 is 0 Å². The van der Waals surface area contributed by atoms with Crippen LogP contribution in [0.5, 0.6) is 0 Å². The summed E-state index contributed by atoms with van der Waals surface area (Å²) in [6.45, 7) is 2.20. The highest BCUT2D eigenvalue weighted by molar-refractivity contribution is 5.83. The fraction of sp³-hybridized carbons (Fsp3) is 0.769. The molecule has 1 unspecified atom stereocenters. The summed E-state index contributed by atoms with van der Waals surface area (Å²) in [5, 5.41) is 0. The van der Waals surface area contributed by atoms with Crippen LogP contribution in [0.4, 0.5) is 0 Å². The van der Waals surface area contributed by atoms with Crippen LogP contribution in [0.1, 0.15) is 58.3 Å². The Morgan fingerprint density at radius 2 is 2.21 bits per heavy atom. The molecule has 1 aliphatic carbocycles. The Morgan fingerprint density at radius 1 is 1.36 bits per heavy atom. The highest BCUT2D eigenvalue weighted by atomic mass is 16.1. The molecule has 1 nitrogen and oxygen atoms in total. The molecule has 0 bridgehead atoms. The molecular weight excluding hydrogens is 172 g/mol. The Labute approximate surface area is 87.3 Å². The van der Waals surface area contributed by atoms with E-state index in [2.05, 4.69) is 18.8 Å². The lowest BCUT2D eigenvalue weighted by Crippen LogP contribution is -2.04. The van der Waals surface area contributed by atoms with Gasteiger partial charge in [0.1, 0.15) is 5.78 Å². The average Bonchev–Trinajstić information content (AvgIpc) is 2.58. The number of Topliss-reactive ketones (excluding diaryl/α,β-unsaturated/α-hetero) is 1. The lowest BCUT2D eigenvalue weighted by atomic mass is 10.0. The van der Waals surface area contributed by atoms with Crippen LogP contribution in [0.15, 0.2) is 0 Å². The van der Waals surface area contributed by atoms with E-state index in [1.54, 1.807) is 0 Å². The second kappa shape index (κ2) is 6.65. The number of ketones is 1. The summed E-state index contributed by atoms with van der Waals surface area (Å²) >= 11 is 0. The van der Waals surface area contributed by atoms with Crippen molar-refractivity contribution in [2.45, 2.75) is 58.3 Å². The summed E-state index contributed by atoms with van der Waals surface area (Å²) in [6.07, 6.45) is 8.51. The average molecular weight is 192 g/mol. The van der Waals surface area contributed by atoms with Crippen LogP contribution in [-0.4, -0.2) is 5.78 Å². The third-order valence-corrected chi connectivity index (χ3v) is 2.81. The van der Waals surface area contributed by atoms with Crippen molar-refractivity contribution in [2.75, 3.05) is 0 Å². The molecule has 0 aromatic heterocycles. The first-order chi connectivity index (χ1) is 6.84. The van der Waals surface area contributed by atoms with Gasteiger partial charge in [-0.2, -0.15) is 0 Å². The molecule has 0 heterocycles. The molecule has 1 rings (SSSR count). The van der Waals surface area contributed by atoms with Crippen LogP contribution in [0.3, 0.4) is 0 Å². The van der Waals surface area contributed by atoms with E-state index in [4.69, 9.17) is 0 Å². The van der Waals surface area contributed by atoms with Gasteiger partial charge < -0.3 is 0 Å². The number of hydrogen-bond donors (Lipinski definition) is 0. The zero-order chi connectivity index (χ0) is 10.2. The van der Waals surface area contributed by atoms with E-state index in [1.165, 1.54) is 19.3 Å². The smallest absolute Gasteiger partial charge is 0.136 e. The quantitative estimate of drug-likeness (QED) is 0.493. The third-order valence-electron chi connectivity index (χ3n) is 2.81. The first-order valence-electron chi connectivity index (χ1n) is 5.83. The van der Waals surface area contributed by atoms with E-state index in [1.807, 2.05) is 0 Å². The Morgan fingerprint density at radius 3 is 2.86 bits per heavy atom. The fourth-order valence-corrected chi connectivity index (χ4v) is 1.85. The number of rotatable bonds is 4. The Kier molecular flexibility index (Phi) is 5.37. The molecule has 1 aliphatic rings. The second-order valence-corrected chi connectivity index (χ2v) is 4.07. The summed E-state index contributed by atoms with van der Waals surface area (Å²) in [4.78, 5) is 11.3. The van der Waals surface area contributed by atoms with Gasteiger partial charge in [-0.25, -0.2) is 0 Å². The molecule has 0 N–H and O–H groups in total. The molecule has 0 amide bonds. The molecule has 0 aromatic carbocycles. The van der Waals surface area contributed by atoms with Gasteiger partial charge in [-0.3, -0.25) is 4.79 Å². The van der Waals surface area contributed by atoms with Crippen molar-refractivity contribution in [3.8, 4) is 11.8 Å². The van der Waals surface area contributed by atoms with Gasteiger partial charge in [0.05, 0.1) is 0 Å². The molecule has 1 atom stereocenters. The van der Waals surface area contributed by atoms with Crippen molar-refractivity contribution >= 4 is 5.78 Å². The standard InChI is InChI=1S/C13H20O/c1-2-3-4-5-6-7-9-12-10-8-11-13(12)14/h12H,2-5,8-11H2,1H3. The molecule has 1 fully saturated rings. The molecule has 0 aliphatic heterocycles. The summed E-state index contributed by atoms with van der Waals surface area (Å²) in [7, 11) is 0. The zero-order valence-electron chi connectivity index (χ0n) is 9.14. The first kappa shape index (κ1) is 11.3. The number of hydrogen-bond acceptors (Lipinski definition) is 1. The molecule has 0 spiro atoms. The van der Waals surface area contributed by atoms with E-state index in [-0.39, 0.29) is 5.92 Å². The normalized spacial score (nSPS) is 20.6. The summed E-state index contributed by atoms with van der Waals surface area (Å²) in [6, 6.07) is 0. The van der Waals surface area contributed by atoms with Crippen LogP contribution in [0.2, 0.25) is 0 Å². The van der Waals surface area contributed by atoms with Gasteiger partial charge in [-0.1, -0.05) is 19.8 Å². The minimum absolute atomic E-state index is 0.272. The third kappa shape index (κ3) is 3.96. The minimum Gasteiger partial charge on any atom is -0.299 e. The molecule has 0 aromatic rings. The van der Waals surface area contributed by atoms with Crippen molar-refractivity contribution in [1.29, 1.82) is 0 Å². The van der Waals surface area contributed by atoms with Crippen molar-refractivity contribution < 1.29 is 4.79 Å². The molecule has 14 heavy (non-hydrogen) atoms. The lowest BCUT2D eigenvalue weighted by molar-refractivity contribution is -0.120. The van der Waals surface area contributed by atoms with Gasteiger partial charge in [0.15, 0.2) is 0 Å². The predicted octanol–water partition coefficient (Wildman–Crippen LogP) is 3.33. The largest absolute Gasteiger partial charge is 0.299 e. The van der Waals surface area contributed by atoms with Gasteiger partial charge >= 0.3 is 0 Å². The van der Waals surface area contributed by atoms with Crippen LogP contribution in [0, 0.1) is 17.8 Å². The van der Waals surface area contributed by atoms with Gasteiger partial charge in [-0.15, -0.1) is 11.8 Å². The maximum Gasteiger partial charge on any atom is 0.136 e. The Bertz CT molecular complexity index is 231. The van der Waals surface area contributed by atoms with E-state index in [0.29, 0.717) is 5.78 Å². The first-order valence-corrected chi connectivity index (χ1v) is 5.83. The van der Waals surface area contributed by atoms with Gasteiger partial charge in [-0.05, 0) is 19.3 Å². The van der Waals surface area contributed by atoms with Crippen molar-refractivity contribution in [3.63, 3.8) is 0 Å². The van der Waals surface area contributed by atoms with Gasteiger partial charge in [0.2, 0.25) is 0 Å². The summed E-state index contributed by atoms with van der Waals surface area (Å²) in [5.74, 6) is 7.02. The van der Waals surface area contributed by atoms with Crippen LogP contribution < -0.4 is 0 Å². The molecule has 1 heteroatoms. The van der Waals surface area contributed by atoms with Crippen molar-refractivity contribution in [2.24, 2.45) is 5.92 Å². The fourth-order valence-electron chi connectivity index (χ4n) is 1.85. The van der Waals surface area contributed by atoms with Crippen LogP contribution in [0.25, 0.3) is 0 Å². The molecule has 78 valence electrons. The van der Waals surface area contributed by atoms with Crippen molar-refractivity contribution in [1.82, 2.24) is 0 Å². The SMILES string of the molecule is CCCCCC#CCC1CCCC1=O. The molecular formula is C13H20O. The Hall–Kier alpha value is -0.770. The maximum atomic E-state index is 11.3. The van der Waals surface area contributed by atoms with Crippen LogP contribution in [-0.2, 0) is 4.79 Å². The number of carbonyl (C=O) groups is 1. The van der Waals surface area contributed by atoms with E-state index in [0.717, 1.165) is 32.1 Å². The van der Waals surface area contributed by atoms with Gasteiger partial charge in [0.25, 0.3) is 0 Å². The highest BCUT2D eigenvalue weighted by Gasteiger charge is 2.22. The van der Waals surface area contributed by atoms with Crippen molar-refractivity contribution in [3.05, 3.63) is 0 Å². The van der Waals surface area contributed by atoms with E-state index < -0.39 is 0 Å². The Balaban J connectivity index is 2.09. The number of unbranched alkanes of at least 4 members (excludes halogenated alkanes) is 3. The molecule has 1 saturated carbocycles. The number of carbonyl (C=O) groups excluding carboxylic acids is 1. The second-order valence-electron chi connectivity index (χ2n) is 4.07. The zero-order valence-corrected chi connectivity index (χ0v) is 9.14. The summed E-state index contributed by atoms with van der Waals surface area (Å²) in [5.41, 5.74) is 0. The highest BCUT2D eigenvalue weighted by Crippen LogP contribution is 2.23. The monoisotopic (exact) mass is 192 g/mol. The minimum atomic E-state index is 0.272. The van der Waals surface area contributed by atoms with E-state index in [9.17, 15) is 4.79 Å². The molecule has 0 saturated heterocycles. The molecule has 0 radical (unpaired) electrons. The lowest BCUT2D eigenvalue weighted by Gasteiger charge is -1.99. The predicted molar refractivity (Wildman–Crippen MR) is 58.9 cm³/mol. The van der Waals surface area contributed by atoms with E-state index >= 15 is 0 Å².